The van der Waals surface area contributed by atoms with E-state index in [2.05, 4.69) is 10.1 Å². The molecule has 1 amide bonds. The molecule has 0 bridgehead atoms. The molecule has 1 atom stereocenters. The van der Waals surface area contributed by atoms with Gasteiger partial charge in [0, 0.05) is 6.54 Å². The molecule has 0 saturated carbocycles. The van der Waals surface area contributed by atoms with Crippen molar-refractivity contribution in [1.29, 1.82) is 0 Å². The zero-order valence-electron chi connectivity index (χ0n) is 9.40. The van der Waals surface area contributed by atoms with Crippen molar-refractivity contribution >= 4 is 11.9 Å². The van der Waals surface area contributed by atoms with Crippen LogP contribution in [0.5, 0.6) is 0 Å². The lowest BCUT2D eigenvalue weighted by Gasteiger charge is -2.12. The molecule has 1 unspecified atom stereocenters. The number of benzene rings is 1. The predicted octanol–water partition coefficient (Wildman–Crippen LogP) is 1.08. The molecule has 1 aromatic rings. The van der Waals surface area contributed by atoms with Crippen molar-refractivity contribution in [2.24, 2.45) is 0 Å². The first kappa shape index (κ1) is 12.2. The zero-order chi connectivity index (χ0) is 12.0. The Bertz CT molecular complexity index is 362. The number of carbonyl (C=O) groups excluding carboxylic acids is 2. The number of methoxy groups -OCH3 is 1. The molecular formula is C12H15NO3. The Morgan fingerprint density at radius 3 is 2.50 bits per heavy atom. The van der Waals surface area contributed by atoms with E-state index in [0.717, 1.165) is 5.56 Å². The van der Waals surface area contributed by atoms with Crippen molar-refractivity contribution in [3.8, 4) is 0 Å². The number of esters is 1. The van der Waals surface area contributed by atoms with E-state index in [1.165, 1.54) is 7.11 Å². The summed E-state index contributed by atoms with van der Waals surface area (Å²) in [5.41, 5.74) is 1.12. The topological polar surface area (TPSA) is 55.4 Å². The molecule has 1 N–H and O–H groups in total. The van der Waals surface area contributed by atoms with E-state index in [1.807, 2.05) is 37.3 Å². The summed E-state index contributed by atoms with van der Waals surface area (Å²) in [6.07, 6.45) is 0. The van der Waals surface area contributed by atoms with Gasteiger partial charge in [0.1, 0.15) is 0 Å². The zero-order valence-corrected chi connectivity index (χ0v) is 9.40. The van der Waals surface area contributed by atoms with Gasteiger partial charge in [0.15, 0.2) is 0 Å². The Morgan fingerprint density at radius 2 is 1.94 bits per heavy atom. The Labute approximate surface area is 94.6 Å². The lowest BCUT2D eigenvalue weighted by atomic mass is 10.0. The highest BCUT2D eigenvalue weighted by Crippen LogP contribution is 2.12. The lowest BCUT2D eigenvalue weighted by Crippen LogP contribution is -2.34. The van der Waals surface area contributed by atoms with Crippen LogP contribution < -0.4 is 5.32 Å². The van der Waals surface area contributed by atoms with Gasteiger partial charge in [-0.25, -0.2) is 4.79 Å². The average Bonchev–Trinajstić information content (AvgIpc) is 2.35. The molecular weight excluding hydrogens is 206 g/mol. The predicted molar refractivity (Wildman–Crippen MR) is 59.9 cm³/mol. The Kier molecular flexibility index (Phi) is 4.51. The van der Waals surface area contributed by atoms with Crippen LogP contribution in [0.3, 0.4) is 0 Å². The third-order valence-electron chi connectivity index (χ3n) is 2.31. The molecule has 0 aliphatic carbocycles. The molecule has 0 saturated heterocycles. The molecule has 0 spiro atoms. The van der Waals surface area contributed by atoms with Crippen molar-refractivity contribution in [3.05, 3.63) is 35.9 Å². The first-order valence-corrected chi connectivity index (χ1v) is 5.06. The number of carbonyl (C=O) groups is 2. The maximum absolute atomic E-state index is 11.1. The summed E-state index contributed by atoms with van der Waals surface area (Å²) < 4.78 is 4.30. The first-order valence-electron chi connectivity index (χ1n) is 5.06. The van der Waals surface area contributed by atoms with Crippen molar-refractivity contribution < 1.29 is 14.3 Å². The maximum Gasteiger partial charge on any atom is 0.396 e. The molecule has 1 rings (SSSR count). The van der Waals surface area contributed by atoms with Crippen molar-refractivity contribution in [2.45, 2.75) is 12.8 Å². The number of nitrogens with one attached hydrogen (secondary N) is 1. The van der Waals surface area contributed by atoms with Gasteiger partial charge in [0.25, 0.3) is 0 Å². The van der Waals surface area contributed by atoms with Crippen LogP contribution in [0.15, 0.2) is 30.3 Å². The molecule has 0 aromatic heterocycles. The first-order chi connectivity index (χ1) is 7.65. The van der Waals surface area contributed by atoms with Gasteiger partial charge in [0.05, 0.1) is 7.11 Å². The second-order valence-corrected chi connectivity index (χ2v) is 3.51. The van der Waals surface area contributed by atoms with E-state index in [1.54, 1.807) is 0 Å². The highest BCUT2D eigenvalue weighted by molar-refractivity contribution is 6.32. The van der Waals surface area contributed by atoms with E-state index >= 15 is 0 Å². The minimum absolute atomic E-state index is 0.162. The summed E-state index contributed by atoms with van der Waals surface area (Å²) >= 11 is 0. The van der Waals surface area contributed by atoms with E-state index < -0.39 is 11.9 Å². The Balaban J connectivity index is 2.45. The molecule has 0 radical (unpaired) electrons. The standard InChI is InChI=1S/C12H15NO3/c1-9(10-6-4-3-5-7-10)8-13-11(14)12(15)16-2/h3-7,9H,8H2,1-2H3,(H,13,14). The van der Waals surface area contributed by atoms with Gasteiger partial charge in [0.2, 0.25) is 0 Å². The van der Waals surface area contributed by atoms with Gasteiger partial charge in [-0.05, 0) is 11.5 Å². The number of amides is 1. The second kappa shape index (κ2) is 5.90. The molecule has 86 valence electrons. The normalized spacial score (nSPS) is 11.6. The summed E-state index contributed by atoms with van der Waals surface area (Å²) in [5.74, 6) is -1.40. The van der Waals surface area contributed by atoms with Gasteiger partial charge in [-0.3, -0.25) is 4.79 Å². The van der Waals surface area contributed by atoms with Crippen LogP contribution in [0.4, 0.5) is 0 Å². The van der Waals surface area contributed by atoms with Crippen LogP contribution in [-0.2, 0) is 14.3 Å². The van der Waals surface area contributed by atoms with Crippen LogP contribution in [0.25, 0.3) is 0 Å². The van der Waals surface area contributed by atoms with E-state index in [0.29, 0.717) is 6.54 Å². The van der Waals surface area contributed by atoms with Gasteiger partial charge in [-0.15, -0.1) is 0 Å². The van der Waals surface area contributed by atoms with Gasteiger partial charge in [-0.2, -0.15) is 0 Å². The van der Waals surface area contributed by atoms with Crippen LogP contribution in [0.1, 0.15) is 18.4 Å². The van der Waals surface area contributed by atoms with Crippen LogP contribution in [0, 0.1) is 0 Å². The fourth-order valence-electron chi connectivity index (χ4n) is 1.31. The van der Waals surface area contributed by atoms with Gasteiger partial charge < -0.3 is 10.1 Å². The minimum atomic E-state index is -0.861. The van der Waals surface area contributed by atoms with E-state index in [4.69, 9.17) is 0 Å². The van der Waals surface area contributed by atoms with Crippen molar-refractivity contribution in [2.75, 3.05) is 13.7 Å². The highest BCUT2D eigenvalue weighted by atomic mass is 16.5. The number of ether oxygens (including phenoxy) is 1. The summed E-state index contributed by atoms with van der Waals surface area (Å²) in [4.78, 5) is 22.0. The quantitative estimate of drug-likeness (QED) is 0.613. The molecule has 4 heteroatoms. The fourth-order valence-corrected chi connectivity index (χ4v) is 1.31. The monoisotopic (exact) mass is 221 g/mol. The third kappa shape index (κ3) is 3.38. The number of rotatable bonds is 3. The lowest BCUT2D eigenvalue weighted by molar-refractivity contribution is -0.152. The SMILES string of the molecule is COC(=O)C(=O)NCC(C)c1ccccc1. The summed E-state index contributed by atoms with van der Waals surface area (Å²) in [6.45, 7) is 2.39. The number of hydrogen-bond donors (Lipinski definition) is 1. The Morgan fingerprint density at radius 1 is 1.31 bits per heavy atom. The van der Waals surface area contributed by atoms with Gasteiger partial charge >= 0.3 is 11.9 Å². The van der Waals surface area contributed by atoms with Gasteiger partial charge in [-0.1, -0.05) is 37.3 Å². The summed E-state index contributed by atoms with van der Waals surface area (Å²) in [7, 11) is 1.18. The number of hydrogen-bond acceptors (Lipinski definition) is 3. The molecule has 1 aromatic carbocycles. The maximum atomic E-state index is 11.1. The molecule has 0 aliphatic rings. The smallest absolute Gasteiger partial charge is 0.396 e. The average molecular weight is 221 g/mol. The van der Waals surface area contributed by atoms with Crippen LogP contribution >= 0.6 is 0 Å². The Hall–Kier alpha value is -1.84. The molecule has 16 heavy (non-hydrogen) atoms. The summed E-state index contributed by atoms with van der Waals surface area (Å²) in [5, 5.41) is 2.52. The fraction of sp³-hybridized carbons (Fsp3) is 0.333. The molecule has 0 aliphatic heterocycles. The van der Waals surface area contributed by atoms with Crippen molar-refractivity contribution in [1.82, 2.24) is 5.32 Å². The largest absolute Gasteiger partial charge is 0.462 e. The van der Waals surface area contributed by atoms with E-state index in [9.17, 15) is 9.59 Å². The van der Waals surface area contributed by atoms with Crippen LogP contribution in [0.2, 0.25) is 0 Å². The molecule has 0 fully saturated rings. The third-order valence-corrected chi connectivity index (χ3v) is 2.31. The molecule has 0 heterocycles. The van der Waals surface area contributed by atoms with Crippen LogP contribution in [-0.4, -0.2) is 25.5 Å². The second-order valence-electron chi connectivity index (χ2n) is 3.51. The summed E-state index contributed by atoms with van der Waals surface area (Å²) in [6, 6.07) is 9.77. The van der Waals surface area contributed by atoms with E-state index in [-0.39, 0.29) is 5.92 Å². The minimum Gasteiger partial charge on any atom is -0.462 e. The highest BCUT2D eigenvalue weighted by Gasteiger charge is 2.14. The van der Waals surface area contributed by atoms with Crippen molar-refractivity contribution in [3.63, 3.8) is 0 Å². The molecule has 4 nitrogen and oxygen atoms in total.